The molecule has 0 bridgehead atoms. The first kappa shape index (κ1) is 15.2. The molecule has 0 heterocycles. The van der Waals surface area contributed by atoms with Crippen LogP contribution in [0.4, 0.5) is 5.69 Å². The lowest BCUT2D eigenvalue weighted by Crippen LogP contribution is -2.10. The third-order valence-corrected chi connectivity index (χ3v) is 3.61. The molecule has 1 unspecified atom stereocenters. The minimum absolute atomic E-state index is 0.242. The third-order valence-electron chi connectivity index (χ3n) is 3.61. The fourth-order valence-electron chi connectivity index (χ4n) is 2.38. The Kier molecular flexibility index (Phi) is 5.09. The third kappa shape index (κ3) is 3.69. The summed E-state index contributed by atoms with van der Waals surface area (Å²) in [5.41, 5.74) is 3.48. The van der Waals surface area contributed by atoms with Crippen molar-refractivity contribution in [2.75, 3.05) is 19.5 Å². The molecule has 0 fully saturated rings. The summed E-state index contributed by atoms with van der Waals surface area (Å²) in [5, 5.41) is 3.58. The molecular weight excluding hydrogens is 262 g/mol. The molecule has 2 aromatic carbocycles. The maximum Gasteiger partial charge on any atom is 0.141 e. The topological polar surface area (TPSA) is 30.5 Å². The fraction of sp³-hybridized carbons (Fsp3) is 0.333. The summed E-state index contributed by atoms with van der Waals surface area (Å²) in [6.07, 6.45) is 0.990. The average Bonchev–Trinajstić information content (AvgIpc) is 2.53. The zero-order valence-electron chi connectivity index (χ0n) is 13.1. The molecule has 0 aliphatic rings. The van der Waals surface area contributed by atoms with Gasteiger partial charge < -0.3 is 14.8 Å². The quantitative estimate of drug-likeness (QED) is 0.843. The van der Waals surface area contributed by atoms with Crippen molar-refractivity contribution in [2.45, 2.75) is 26.3 Å². The fourth-order valence-corrected chi connectivity index (χ4v) is 2.38. The van der Waals surface area contributed by atoms with Crippen LogP contribution >= 0.6 is 0 Å². The van der Waals surface area contributed by atoms with E-state index in [1.165, 1.54) is 11.1 Å². The van der Waals surface area contributed by atoms with Crippen LogP contribution in [0.25, 0.3) is 0 Å². The van der Waals surface area contributed by atoms with Crippen LogP contribution in [-0.4, -0.2) is 14.2 Å². The van der Waals surface area contributed by atoms with E-state index in [4.69, 9.17) is 9.47 Å². The summed E-state index contributed by atoms with van der Waals surface area (Å²) in [6.45, 7) is 4.25. The summed E-state index contributed by atoms with van der Waals surface area (Å²) in [5.74, 6) is 1.74. The number of hydrogen-bond donors (Lipinski definition) is 1. The van der Waals surface area contributed by atoms with Gasteiger partial charge in [0.1, 0.15) is 11.5 Å². The Balaban J connectivity index is 2.23. The number of hydrogen-bond acceptors (Lipinski definition) is 3. The summed E-state index contributed by atoms with van der Waals surface area (Å²) in [7, 11) is 3.38. The van der Waals surface area contributed by atoms with E-state index in [9.17, 15) is 0 Å². The van der Waals surface area contributed by atoms with Gasteiger partial charge in [0.05, 0.1) is 25.9 Å². The molecule has 1 N–H and O–H groups in total. The zero-order chi connectivity index (χ0) is 15.2. The summed E-state index contributed by atoms with van der Waals surface area (Å²) in [4.78, 5) is 0. The van der Waals surface area contributed by atoms with E-state index in [2.05, 4.69) is 43.4 Å². The van der Waals surface area contributed by atoms with Gasteiger partial charge in [0, 0.05) is 0 Å². The molecule has 0 amide bonds. The van der Waals surface area contributed by atoms with Crippen molar-refractivity contribution in [2.24, 2.45) is 0 Å². The zero-order valence-corrected chi connectivity index (χ0v) is 13.1. The molecule has 2 rings (SSSR count). The SMILES string of the molecule is CCC(Nc1cc(C)ccc1OC)c1ccc(OC)cc1. The lowest BCUT2D eigenvalue weighted by atomic mass is 10.0. The van der Waals surface area contributed by atoms with E-state index < -0.39 is 0 Å². The van der Waals surface area contributed by atoms with Crippen molar-refractivity contribution < 1.29 is 9.47 Å². The Hall–Kier alpha value is -2.16. The minimum Gasteiger partial charge on any atom is -0.497 e. The molecule has 0 saturated heterocycles. The highest BCUT2D eigenvalue weighted by Gasteiger charge is 2.12. The average molecular weight is 285 g/mol. The molecule has 21 heavy (non-hydrogen) atoms. The second-order valence-electron chi connectivity index (χ2n) is 5.08. The molecule has 0 aliphatic heterocycles. The van der Waals surface area contributed by atoms with Crippen LogP contribution in [0, 0.1) is 6.92 Å². The van der Waals surface area contributed by atoms with Crippen LogP contribution < -0.4 is 14.8 Å². The molecule has 0 spiro atoms. The van der Waals surface area contributed by atoms with Gasteiger partial charge in [0.15, 0.2) is 0 Å². The van der Waals surface area contributed by atoms with E-state index in [1.54, 1.807) is 14.2 Å². The van der Waals surface area contributed by atoms with Gasteiger partial charge in [-0.05, 0) is 48.7 Å². The second-order valence-corrected chi connectivity index (χ2v) is 5.08. The maximum atomic E-state index is 5.44. The second kappa shape index (κ2) is 7.02. The number of rotatable bonds is 6. The highest BCUT2D eigenvalue weighted by atomic mass is 16.5. The van der Waals surface area contributed by atoms with Gasteiger partial charge >= 0.3 is 0 Å². The molecule has 0 saturated carbocycles. The monoisotopic (exact) mass is 285 g/mol. The predicted octanol–water partition coefficient (Wildman–Crippen LogP) is 4.58. The number of anilines is 1. The van der Waals surface area contributed by atoms with Crippen LogP contribution in [0.1, 0.15) is 30.5 Å². The van der Waals surface area contributed by atoms with Gasteiger partial charge in [0.2, 0.25) is 0 Å². The molecule has 3 heteroatoms. The Morgan fingerprint density at radius 2 is 1.71 bits per heavy atom. The summed E-state index contributed by atoms with van der Waals surface area (Å²) in [6, 6.07) is 14.6. The molecule has 0 aliphatic carbocycles. The predicted molar refractivity (Wildman–Crippen MR) is 87.4 cm³/mol. The van der Waals surface area contributed by atoms with Crippen LogP contribution in [0.15, 0.2) is 42.5 Å². The van der Waals surface area contributed by atoms with E-state index in [0.29, 0.717) is 0 Å². The van der Waals surface area contributed by atoms with Gasteiger partial charge in [-0.1, -0.05) is 25.1 Å². The van der Waals surface area contributed by atoms with Gasteiger partial charge in [-0.15, -0.1) is 0 Å². The Bertz CT molecular complexity index is 578. The standard InChI is InChI=1S/C18H23NO2/c1-5-16(14-7-9-15(20-3)10-8-14)19-17-12-13(2)6-11-18(17)21-4/h6-12,16,19H,5H2,1-4H3. The van der Waals surface area contributed by atoms with Crippen LogP contribution in [0.2, 0.25) is 0 Å². The van der Waals surface area contributed by atoms with Crippen LogP contribution in [0.3, 0.4) is 0 Å². The van der Waals surface area contributed by atoms with E-state index in [0.717, 1.165) is 23.6 Å². The highest BCUT2D eigenvalue weighted by Crippen LogP contribution is 2.31. The number of aryl methyl sites for hydroxylation is 1. The number of methoxy groups -OCH3 is 2. The van der Waals surface area contributed by atoms with Crippen molar-refractivity contribution in [1.82, 2.24) is 0 Å². The van der Waals surface area contributed by atoms with E-state index >= 15 is 0 Å². The molecule has 0 radical (unpaired) electrons. The van der Waals surface area contributed by atoms with Gasteiger partial charge in [-0.2, -0.15) is 0 Å². The van der Waals surface area contributed by atoms with Crippen LogP contribution in [-0.2, 0) is 0 Å². The number of nitrogens with one attached hydrogen (secondary N) is 1. The Labute approximate surface area is 126 Å². The lowest BCUT2D eigenvalue weighted by Gasteiger charge is -2.21. The van der Waals surface area contributed by atoms with E-state index in [1.807, 2.05) is 18.2 Å². The molecule has 0 aromatic heterocycles. The highest BCUT2D eigenvalue weighted by molar-refractivity contribution is 5.59. The van der Waals surface area contributed by atoms with Crippen molar-refractivity contribution in [3.05, 3.63) is 53.6 Å². The molecule has 1 atom stereocenters. The molecule has 3 nitrogen and oxygen atoms in total. The van der Waals surface area contributed by atoms with Crippen molar-refractivity contribution in [3.8, 4) is 11.5 Å². The van der Waals surface area contributed by atoms with E-state index in [-0.39, 0.29) is 6.04 Å². The molecular formula is C18H23NO2. The minimum atomic E-state index is 0.242. The largest absolute Gasteiger partial charge is 0.497 e. The van der Waals surface area contributed by atoms with Crippen molar-refractivity contribution >= 4 is 5.69 Å². The molecule has 112 valence electrons. The Morgan fingerprint density at radius 1 is 1.00 bits per heavy atom. The Morgan fingerprint density at radius 3 is 2.29 bits per heavy atom. The number of ether oxygens (including phenoxy) is 2. The summed E-state index contributed by atoms with van der Waals surface area (Å²) >= 11 is 0. The van der Waals surface area contributed by atoms with Gasteiger partial charge in [0.25, 0.3) is 0 Å². The first-order valence-corrected chi connectivity index (χ1v) is 7.23. The first-order chi connectivity index (χ1) is 10.2. The maximum absolute atomic E-state index is 5.44. The first-order valence-electron chi connectivity index (χ1n) is 7.23. The van der Waals surface area contributed by atoms with Crippen molar-refractivity contribution in [3.63, 3.8) is 0 Å². The van der Waals surface area contributed by atoms with Gasteiger partial charge in [-0.25, -0.2) is 0 Å². The lowest BCUT2D eigenvalue weighted by molar-refractivity contribution is 0.414. The van der Waals surface area contributed by atoms with Gasteiger partial charge in [-0.3, -0.25) is 0 Å². The number of benzene rings is 2. The normalized spacial score (nSPS) is 11.8. The summed E-state index contributed by atoms with van der Waals surface area (Å²) < 4.78 is 10.6. The van der Waals surface area contributed by atoms with Crippen molar-refractivity contribution in [1.29, 1.82) is 0 Å². The smallest absolute Gasteiger partial charge is 0.141 e. The van der Waals surface area contributed by atoms with Crippen LogP contribution in [0.5, 0.6) is 11.5 Å². The molecule has 2 aromatic rings.